The largest absolute Gasteiger partial charge is 0.309 e. The SMILES string of the molecule is Cc1ncc2sc(=O)n(C)c2n1. The lowest BCUT2D eigenvalue weighted by Gasteiger charge is -1.92. The predicted octanol–water partition coefficient (Wildman–Crippen LogP) is 0.698. The van der Waals surface area contributed by atoms with Crippen LogP contribution in [0, 0.1) is 6.92 Å². The molecule has 0 atom stereocenters. The minimum atomic E-state index is 0.00454. The van der Waals surface area contributed by atoms with Crippen molar-refractivity contribution in [3.05, 3.63) is 21.7 Å². The third kappa shape index (κ3) is 0.937. The molecule has 0 N–H and O–H groups in total. The highest BCUT2D eigenvalue weighted by molar-refractivity contribution is 7.16. The number of nitrogens with zero attached hydrogens (tertiary/aromatic N) is 3. The highest BCUT2D eigenvalue weighted by Crippen LogP contribution is 2.11. The number of hydrogen-bond donors (Lipinski definition) is 0. The molecular weight excluding hydrogens is 174 g/mol. The van der Waals surface area contributed by atoms with Gasteiger partial charge in [-0.3, -0.25) is 9.36 Å². The van der Waals surface area contributed by atoms with Gasteiger partial charge in [-0.2, -0.15) is 0 Å². The lowest BCUT2D eigenvalue weighted by Crippen LogP contribution is -2.07. The first-order valence-corrected chi connectivity index (χ1v) is 4.29. The molecule has 2 aromatic heterocycles. The van der Waals surface area contributed by atoms with Crippen LogP contribution in [-0.2, 0) is 7.05 Å². The van der Waals surface area contributed by atoms with Gasteiger partial charge in [0.25, 0.3) is 0 Å². The van der Waals surface area contributed by atoms with E-state index in [0.29, 0.717) is 5.82 Å². The fraction of sp³-hybridized carbons (Fsp3) is 0.286. The van der Waals surface area contributed by atoms with E-state index in [1.54, 1.807) is 13.2 Å². The summed E-state index contributed by atoms with van der Waals surface area (Å²) in [6.45, 7) is 1.81. The Labute approximate surface area is 72.5 Å². The van der Waals surface area contributed by atoms with Crippen LogP contribution in [-0.4, -0.2) is 14.5 Å². The van der Waals surface area contributed by atoms with E-state index < -0.39 is 0 Å². The maximum absolute atomic E-state index is 11.2. The van der Waals surface area contributed by atoms with Crippen LogP contribution >= 0.6 is 11.3 Å². The van der Waals surface area contributed by atoms with Crippen LogP contribution in [0.15, 0.2) is 11.0 Å². The van der Waals surface area contributed by atoms with Crippen LogP contribution in [0.3, 0.4) is 0 Å². The van der Waals surface area contributed by atoms with Crippen molar-refractivity contribution in [2.75, 3.05) is 0 Å². The third-order valence-corrected chi connectivity index (χ3v) is 2.60. The van der Waals surface area contributed by atoms with Gasteiger partial charge in [0.1, 0.15) is 5.82 Å². The number of rotatable bonds is 0. The third-order valence-electron chi connectivity index (χ3n) is 1.65. The molecule has 0 aliphatic heterocycles. The first kappa shape index (κ1) is 7.42. The standard InChI is InChI=1S/C7H7N3OS/c1-4-8-3-5-6(9-4)10(2)7(11)12-5/h3H,1-2H3. The van der Waals surface area contributed by atoms with Gasteiger partial charge in [0, 0.05) is 7.05 Å². The number of fused-ring (bicyclic) bond motifs is 1. The highest BCUT2D eigenvalue weighted by atomic mass is 32.1. The molecule has 0 amide bonds. The van der Waals surface area contributed by atoms with E-state index in [9.17, 15) is 4.79 Å². The molecule has 12 heavy (non-hydrogen) atoms. The van der Waals surface area contributed by atoms with Crippen LogP contribution in [0.5, 0.6) is 0 Å². The quantitative estimate of drug-likeness (QED) is 0.601. The Kier molecular flexibility index (Phi) is 1.47. The summed E-state index contributed by atoms with van der Waals surface area (Å²) < 4.78 is 2.38. The molecule has 0 saturated carbocycles. The van der Waals surface area contributed by atoms with Crippen LogP contribution < -0.4 is 4.87 Å². The molecule has 62 valence electrons. The molecule has 0 aliphatic rings. The predicted molar refractivity (Wildman–Crippen MR) is 47.4 cm³/mol. The van der Waals surface area contributed by atoms with E-state index in [-0.39, 0.29) is 4.87 Å². The van der Waals surface area contributed by atoms with Crippen molar-refractivity contribution in [3.8, 4) is 0 Å². The van der Waals surface area contributed by atoms with Gasteiger partial charge >= 0.3 is 4.87 Å². The van der Waals surface area contributed by atoms with Gasteiger partial charge in [-0.05, 0) is 6.92 Å². The molecular formula is C7H7N3OS. The number of hydrogen-bond acceptors (Lipinski definition) is 4. The van der Waals surface area contributed by atoms with Gasteiger partial charge < -0.3 is 0 Å². The fourth-order valence-electron chi connectivity index (χ4n) is 1.01. The molecule has 0 unspecified atom stereocenters. The Morgan fingerprint density at radius 2 is 2.33 bits per heavy atom. The maximum Gasteiger partial charge on any atom is 0.309 e. The Morgan fingerprint density at radius 1 is 1.58 bits per heavy atom. The zero-order chi connectivity index (χ0) is 8.72. The Morgan fingerprint density at radius 3 is 3.08 bits per heavy atom. The van der Waals surface area contributed by atoms with E-state index in [2.05, 4.69) is 9.97 Å². The van der Waals surface area contributed by atoms with E-state index >= 15 is 0 Å². The van der Waals surface area contributed by atoms with E-state index in [0.717, 1.165) is 10.3 Å². The van der Waals surface area contributed by atoms with Crippen LogP contribution in [0.25, 0.3) is 10.3 Å². The molecule has 2 aromatic rings. The molecule has 0 aromatic carbocycles. The average Bonchev–Trinajstić information content (AvgIpc) is 2.31. The molecule has 0 saturated heterocycles. The minimum Gasteiger partial charge on any atom is -0.286 e. The van der Waals surface area contributed by atoms with Crippen molar-refractivity contribution in [1.29, 1.82) is 0 Å². The Balaban J connectivity index is 2.98. The van der Waals surface area contributed by atoms with Crippen molar-refractivity contribution in [2.24, 2.45) is 7.05 Å². The van der Waals surface area contributed by atoms with Gasteiger partial charge in [-0.1, -0.05) is 11.3 Å². The molecule has 0 radical (unpaired) electrons. The normalized spacial score (nSPS) is 10.8. The summed E-state index contributed by atoms with van der Waals surface area (Å²) in [5, 5.41) is 0. The Bertz CT molecular complexity index is 485. The molecule has 2 heterocycles. The minimum absolute atomic E-state index is 0.00454. The molecule has 0 aliphatic carbocycles. The average molecular weight is 181 g/mol. The van der Waals surface area contributed by atoms with E-state index in [1.807, 2.05) is 6.92 Å². The number of aromatic nitrogens is 3. The highest BCUT2D eigenvalue weighted by Gasteiger charge is 2.04. The van der Waals surface area contributed by atoms with Crippen molar-refractivity contribution >= 4 is 21.7 Å². The van der Waals surface area contributed by atoms with Crippen LogP contribution in [0.1, 0.15) is 5.82 Å². The van der Waals surface area contributed by atoms with Crippen LogP contribution in [0.4, 0.5) is 0 Å². The number of aryl methyl sites for hydroxylation is 2. The molecule has 5 heteroatoms. The topological polar surface area (TPSA) is 47.8 Å². The monoisotopic (exact) mass is 181 g/mol. The maximum atomic E-state index is 11.2. The summed E-state index contributed by atoms with van der Waals surface area (Å²) in [4.78, 5) is 19.3. The summed E-state index contributed by atoms with van der Waals surface area (Å²) in [5.41, 5.74) is 0.720. The summed E-state index contributed by atoms with van der Waals surface area (Å²) >= 11 is 1.17. The van der Waals surface area contributed by atoms with Gasteiger partial charge in [0.2, 0.25) is 0 Å². The first-order chi connectivity index (χ1) is 5.68. The zero-order valence-corrected chi connectivity index (χ0v) is 7.55. The smallest absolute Gasteiger partial charge is 0.286 e. The van der Waals surface area contributed by atoms with Crippen molar-refractivity contribution < 1.29 is 0 Å². The molecule has 0 fully saturated rings. The lowest BCUT2D eigenvalue weighted by atomic mass is 10.5. The zero-order valence-electron chi connectivity index (χ0n) is 6.74. The lowest BCUT2D eigenvalue weighted by molar-refractivity contribution is 0.906. The van der Waals surface area contributed by atoms with Gasteiger partial charge in [-0.15, -0.1) is 0 Å². The summed E-state index contributed by atoms with van der Waals surface area (Å²) in [7, 11) is 1.72. The van der Waals surface area contributed by atoms with E-state index in [4.69, 9.17) is 0 Å². The van der Waals surface area contributed by atoms with E-state index in [1.165, 1.54) is 15.9 Å². The Hall–Kier alpha value is -1.23. The molecule has 0 bridgehead atoms. The fourth-order valence-corrected chi connectivity index (χ4v) is 1.80. The van der Waals surface area contributed by atoms with Gasteiger partial charge in [0.15, 0.2) is 5.65 Å². The summed E-state index contributed by atoms with van der Waals surface area (Å²) in [6, 6.07) is 0. The van der Waals surface area contributed by atoms with Crippen molar-refractivity contribution in [3.63, 3.8) is 0 Å². The molecule has 4 nitrogen and oxygen atoms in total. The summed E-state index contributed by atoms with van der Waals surface area (Å²) in [5.74, 6) is 0.691. The first-order valence-electron chi connectivity index (χ1n) is 3.47. The second-order valence-electron chi connectivity index (χ2n) is 2.53. The molecule has 0 spiro atoms. The molecule has 2 rings (SSSR count). The van der Waals surface area contributed by atoms with Crippen molar-refractivity contribution in [1.82, 2.24) is 14.5 Å². The van der Waals surface area contributed by atoms with Crippen LogP contribution in [0.2, 0.25) is 0 Å². The second kappa shape index (κ2) is 2.38. The summed E-state index contributed by atoms with van der Waals surface area (Å²) in [6.07, 6.45) is 1.68. The van der Waals surface area contributed by atoms with Gasteiger partial charge in [-0.25, -0.2) is 9.97 Å². The second-order valence-corrected chi connectivity index (χ2v) is 3.53. The number of thiazole rings is 1. The van der Waals surface area contributed by atoms with Gasteiger partial charge in [0.05, 0.1) is 10.9 Å². The van der Waals surface area contributed by atoms with Crippen molar-refractivity contribution in [2.45, 2.75) is 6.92 Å².